The van der Waals surface area contributed by atoms with Gasteiger partial charge in [0, 0.05) is 44.3 Å². The maximum absolute atomic E-state index is 6.06. The second kappa shape index (κ2) is 9.38. The first-order valence-corrected chi connectivity index (χ1v) is 9.59. The van der Waals surface area contributed by atoms with Crippen molar-refractivity contribution in [2.24, 2.45) is 0 Å². The van der Waals surface area contributed by atoms with Crippen molar-refractivity contribution in [1.29, 1.82) is 0 Å². The summed E-state index contributed by atoms with van der Waals surface area (Å²) in [5.74, 6) is 0.940. The molecule has 4 nitrogen and oxygen atoms in total. The fraction of sp³-hybridized carbons (Fsp3) is 0.429. The van der Waals surface area contributed by atoms with Crippen LogP contribution in [0.3, 0.4) is 0 Å². The summed E-state index contributed by atoms with van der Waals surface area (Å²) in [4.78, 5) is 4.62. The normalized spacial score (nSPS) is 15.4. The Morgan fingerprint density at radius 3 is 2.50 bits per heavy atom. The van der Waals surface area contributed by atoms with Crippen LogP contribution < -0.4 is 10.1 Å². The molecule has 1 heterocycles. The van der Waals surface area contributed by atoms with E-state index >= 15 is 0 Å². The Balaban J connectivity index is 1.82. The van der Waals surface area contributed by atoms with E-state index in [4.69, 9.17) is 16.3 Å². The van der Waals surface area contributed by atoms with Crippen LogP contribution in [0.25, 0.3) is 11.1 Å². The molecule has 1 aliphatic heterocycles. The van der Waals surface area contributed by atoms with E-state index in [-0.39, 0.29) is 0 Å². The van der Waals surface area contributed by atoms with Gasteiger partial charge in [0.05, 0.1) is 0 Å². The van der Waals surface area contributed by atoms with Gasteiger partial charge in [0.15, 0.2) is 0 Å². The zero-order valence-electron chi connectivity index (χ0n) is 15.7. The first-order chi connectivity index (χ1) is 12.6. The lowest BCUT2D eigenvalue weighted by molar-refractivity contribution is 0.232. The Kier molecular flexibility index (Phi) is 6.92. The zero-order valence-corrected chi connectivity index (χ0v) is 16.4. The van der Waals surface area contributed by atoms with Crippen molar-refractivity contribution < 1.29 is 4.74 Å². The molecule has 2 aromatic carbocycles. The summed E-state index contributed by atoms with van der Waals surface area (Å²) in [5, 5.41) is 4.18. The van der Waals surface area contributed by atoms with E-state index < -0.39 is 0 Å². The fourth-order valence-corrected chi connectivity index (χ4v) is 3.28. The van der Waals surface area contributed by atoms with Crippen LogP contribution in [-0.4, -0.2) is 63.2 Å². The molecule has 1 N–H and O–H groups in total. The molecule has 0 bridgehead atoms. The molecule has 0 atom stereocenters. The number of likely N-dealkylation sites (N-methyl/N-ethyl adjacent to an activating group) is 1. The minimum atomic E-state index is 0.695. The molecule has 1 saturated heterocycles. The summed E-state index contributed by atoms with van der Waals surface area (Å²) < 4.78 is 5.96. The van der Waals surface area contributed by atoms with Gasteiger partial charge >= 0.3 is 0 Å². The van der Waals surface area contributed by atoms with Crippen molar-refractivity contribution in [3.63, 3.8) is 0 Å². The van der Waals surface area contributed by atoms with Crippen LogP contribution >= 0.6 is 11.6 Å². The lowest BCUT2D eigenvalue weighted by Gasteiger charge is -2.28. The molecule has 0 unspecified atom stereocenters. The van der Waals surface area contributed by atoms with Crippen molar-refractivity contribution in [1.82, 2.24) is 15.1 Å². The number of hydrogen-bond acceptors (Lipinski definition) is 4. The van der Waals surface area contributed by atoms with Crippen LogP contribution in [-0.2, 0) is 6.54 Å². The number of piperazine rings is 1. The summed E-state index contributed by atoms with van der Waals surface area (Å²) in [6, 6.07) is 14.5. The second-order valence-corrected chi connectivity index (χ2v) is 7.44. The summed E-state index contributed by atoms with van der Waals surface area (Å²) in [6.07, 6.45) is 0. The molecule has 1 fully saturated rings. The van der Waals surface area contributed by atoms with Crippen molar-refractivity contribution in [3.8, 4) is 16.9 Å². The summed E-state index contributed by atoms with van der Waals surface area (Å²) in [7, 11) is 4.12. The van der Waals surface area contributed by atoms with Gasteiger partial charge in [-0.1, -0.05) is 29.8 Å². The third kappa shape index (κ3) is 5.45. The first-order valence-electron chi connectivity index (χ1n) is 9.21. The molecular formula is C21H28ClN3O. The molecule has 0 aromatic heterocycles. The minimum Gasteiger partial charge on any atom is -0.492 e. The smallest absolute Gasteiger partial charge is 0.119 e. The van der Waals surface area contributed by atoms with E-state index in [9.17, 15) is 0 Å². The maximum atomic E-state index is 6.06. The number of nitrogens with one attached hydrogen (secondary N) is 1. The van der Waals surface area contributed by atoms with E-state index in [1.165, 1.54) is 16.7 Å². The van der Waals surface area contributed by atoms with E-state index in [0.717, 1.165) is 50.0 Å². The number of benzene rings is 2. The van der Waals surface area contributed by atoms with Crippen molar-refractivity contribution >= 4 is 11.6 Å². The molecule has 0 saturated carbocycles. The third-order valence-corrected chi connectivity index (χ3v) is 4.89. The Hall–Kier alpha value is -1.59. The number of hydrogen-bond donors (Lipinski definition) is 1. The maximum Gasteiger partial charge on any atom is 0.119 e. The topological polar surface area (TPSA) is 27.7 Å². The largest absolute Gasteiger partial charge is 0.492 e. The van der Waals surface area contributed by atoms with E-state index in [0.29, 0.717) is 6.61 Å². The van der Waals surface area contributed by atoms with Gasteiger partial charge in [-0.2, -0.15) is 0 Å². The van der Waals surface area contributed by atoms with Gasteiger partial charge in [-0.05, 0) is 55.1 Å². The van der Waals surface area contributed by atoms with Crippen molar-refractivity contribution in [3.05, 3.63) is 53.1 Å². The molecular weight excluding hydrogens is 346 g/mol. The number of rotatable bonds is 7. The summed E-state index contributed by atoms with van der Waals surface area (Å²) >= 11 is 6.06. The van der Waals surface area contributed by atoms with Gasteiger partial charge in [0.1, 0.15) is 12.4 Å². The third-order valence-electron chi connectivity index (χ3n) is 4.64. The average Bonchev–Trinajstić information content (AvgIpc) is 2.63. The van der Waals surface area contributed by atoms with Crippen LogP contribution in [0.5, 0.6) is 5.75 Å². The molecule has 26 heavy (non-hydrogen) atoms. The Morgan fingerprint density at radius 1 is 1.08 bits per heavy atom. The highest BCUT2D eigenvalue weighted by molar-refractivity contribution is 6.30. The first kappa shape index (κ1) is 19.2. The molecule has 0 spiro atoms. The van der Waals surface area contributed by atoms with Gasteiger partial charge < -0.3 is 15.0 Å². The molecule has 2 aromatic rings. The van der Waals surface area contributed by atoms with E-state index in [2.05, 4.69) is 59.5 Å². The second-order valence-electron chi connectivity index (χ2n) is 7.00. The Bertz CT molecular complexity index is 697. The molecule has 5 heteroatoms. The molecule has 3 rings (SSSR count). The molecule has 140 valence electrons. The molecule has 1 aliphatic rings. The zero-order chi connectivity index (χ0) is 18.4. The Morgan fingerprint density at radius 2 is 1.81 bits per heavy atom. The van der Waals surface area contributed by atoms with Gasteiger partial charge in [0.25, 0.3) is 0 Å². The van der Waals surface area contributed by atoms with Crippen LogP contribution in [0.4, 0.5) is 0 Å². The number of nitrogens with zero attached hydrogens (tertiary/aromatic N) is 2. The van der Waals surface area contributed by atoms with Gasteiger partial charge in [-0.3, -0.25) is 4.90 Å². The highest BCUT2D eigenvalue weighted by atomic mass is 35.5. The number of ether oxygens (including phenoxy) is 1. The van der Waals surface area contributed by atoms with Crippen LogP contribution in [0, 0.1) is 0 Å². The van der Waals surface area contributed by atoms with Gasteiger partial charge in [-0.25, -0.2) is 0 Å². The van der Waals surface area contributed by atoms with Crippen molar-refractivity contribution in [2.45, 2.75) is 6.54 Å². The standard InChI is InChI=1S/C21H28ClN3O/c1-24(2)13-14-26-20-7-8-21(17-3-5-19(22)6-4-17)18(15-20)16-25-11-9-23-10-12-25/h3-8,15,23H,9-14,16H2,1-2H3. The van der Waals surface area contributed by atoms with E-state index in [1.807, 2.05) is 12.1 Å². The van der Waals surface area contributed by atoms with Crippen LogP contribution in [0.2, 0.25) is 5.02 Å². The van der Waals surface area contributed by atoms with E-state index in [1.54, 1.807) is 0 Å². The highest BCUT2D eigenvalue weighted by Crippen LogP contribution is 2.29. The van der Waals surface area contributed by atoms with Crippen LogP contribution in [0.1, 0.15) is 5.56 Å². The van der Waals surface area contributed by atoms with Gasteiger partial charge in [0.2, 0.25) is 0 Å². The SMILES string of the molecule is CN(C)CCOc1ccc(-c2ccc(Cl)cc2)c(CN2CCNCC2)c1. The molecule has 0 aliphatic carbocycles. The minimum absolute atomic E-state index is 0.695. The highest BCUT2D eigenvalue weighted by Gasteiger charge is 2.14. The number of halogens is 1. The lowest BCUT2D eigenvalue weighted by atomic mass is 9.98. The predicted octanol–water partition coefficient (Wildman–Crippen LogP) is 3.35. The lowest BCUT2D eigenvalue weighted by Crippen LogP contribution is -2.42. The van der Waals surface area contributed by atoms with Crippen molar-refractivity contribution in [2.75, 3.05) is 53.4 Å². The average molecular weight is 374 g/mol. The molecule has 0 amide bonds. The monoisotopic (exact) mass is 373 g/mol. The summed E-state index contributed by atoms with van der Waals surface area (Å²) in [6.45, 7) is 6.79. The quantitative estimate of drug-likeness (QED) is 0.805. The predicted molar refractivity (Wildman–Crippen MR) is 109 cm³/mol. The summed E-state index contributed by atoms with van der Waals surface area (Å²) in [5.41, 5.74) is 3.75. The molecule has 0 radical (unpaired) electrons. The Labute approximate surface area is 161 Å². The van der Waals surface area contributed by atoms with Crippen LogP contribution in [0.15, 0.2) is 42.5 Å². The van der Waals surface area contributed by atoms with Gasteiger partial charge in [-0.15, -0.1) is 0 Å². The fourth-order valence-electron chi connectivity index (χ4n) is 3.16.